The second-order valence-electron chi connectivity index (χ2n) is 7.68. The van der Waals surface area contributed by atoms with E-state index in [9.17, 15) is 9.59 Å². The van der Waals surface area contributed by atoms with Crippen molar-refractivity contribution in [2.24, 2.45) is 0 Å². The number of nitrogens with one attached hydrogen (secondary N) is 1. The number of anilines is 1. The second-order valence-corrected chi connectivity index (χ2v) is 9.47. The van der Waals surface area contributed by atoms with Gasteiger partial charge in [0.05, 0.1) is 6.61 Å². The van der Waals surface area contributed by atoms with Gasteiger partial charge in [-0.2, -0.15) is 0 Å². The van der Waals surface area contributed by atoms with Crippen LogP contribution in [0.3, 0.4) is 0 Å². The van der Waals surface area contributed by atoms with E-state index in [0.717, 1.165) is 34.0 Å². The van der Waals surface area contributed by atoms with E-state index in [-0.39, 0.29) is 12.5 Å². The number of benzene rings is 3. The number of halogens is 1. The van der Waals surface area contributed by atoms with E-state index in [1.54, 1.807) is 6.92 Å². The lowest BCUT2D eigenvalue weighted by atomic mass is 9.99. The molecule has 0 bridgehead atoms. The number of thiophene rings is 1. The smallest absolute Gasteiger partial charge is 0.341 e. The van der Waals surface area contributed by atoms with Crippen LogP contribution in [0.5, 0.6) is 0 Å². The van der Waals surface area contributed by atoms with E-state index in [2.05, 4.69) is 33.4 Å². The Bertz CT molecular complexity index is 1280. The number of carbonyl (C=O) groups is 2. The van der Waals surface area contributed by atoms with E-state index < -0.39 is 5.97 Å². The number of ether oxygens (including phenoxy) is 1. The van der Waals surface area contributed by atoms with Crippen molar-refractivity contribution in [2.75, 3.05) is 11.9 Å². The van der Waals surface area contributed by atoms with Crippen LogP contribution >= 0.6 is 27.3 Å². The lowest BCUT2D eigenvalue weighted by Crippen LogP contribution is -2.16. The molecule has 0 fully saturated rings. The topological polar surface area (TPSA) is 55.4 Å². The molecule has 1 heterocycles. The maximum absolute atomic E-state index is 13.3. The van der Waals surface area contributed by atoms with Crippen LogP contribution in [0, 0.1) is 0 Å². The third-order valence-corrected chi connectivity index (χ3v) is 6.86. The van der Waals surface area contributed by atoms with E-state index in [1.807, 2.05) is 72.1 Å². The van der Waals surface area contributed by atoms with Gasteiger partial charge in [-0.15, -0.1) is 11.3 Å². The molecule has 4 aromatic rings. The first-order chi connectivity index (χ1) is 16.6. The van der Waals surface area contributed by atoms with E-state index in [0.29, 0.717) is 16.1 Å². The average Bonchev–Trinajstić information content (AvgIpc) is 3.27. The summed E-state index contributed by atoms with van der Waals surface area (Å²) in [4.78, 5) is 26.2. The Kier molecular flexibility index (Phi) is 7.93. The molecular formula is C28H24BrNO3S. The van der Waals surface area contributed by atoms with Crippen LogP contribution in [0.25, 0.3) is 11.1 Å². The monoisotopic (exact) mass is 533 g/mol. The molecule has 1 aromatic heterocycles. The summed E-state index contributed by atoms with van der Waals surface area (Å²) in [6, 6.07) is 25.5. The van der Waals surface area contributed by atoms with Crippen molar-refractivity contribution in [3.8, 4) is 11.1 Å². The van der Waals surface area contributed by atoms with Crippen molar-refractivity contribution in [2.45, 2.75) is 19.8 Å². The van der Waals surface area contributed by atoms with Gasteiger partial charge in [-0.1, -0.05) is 76.6 Å². The van der Waals surface area contributed by atoms with Gasteiger partial charge in [0.25, 0.3) is 5.91 Å². The van der Waals surface area contributed by atoms with Gasteiger partial charge >= 0.3 is 5.97 Å². The molecule has 0 atom stereocenters. The summed E-state index contributed by atoms with van der Waals surface area (Å²) >= 11 is 4.77. The Balaban J connectivity index is 1.61. The van der Waals surface area contributed by atoms with Gasteiger partial charge in [-0.25, -0.2) is 4.79 Å². The predicted molar refractivity (Wildman–Crippen MR) is 142 cm³/mol. The maximum atomic E-state index is 13.3. The molecule has 0 radical (unpaired) electrons. The third-order valence-electron chi connectivity index (χ3n) is 5.44. The minimum atomic E-state index is -0.450. The van der Waals surface area contributed by atoms with Crippen LogP contribution in [0.1, 0.15) is 38.8 Å². The molecule has 34 heavy (non-hydrogen) atoms. The molecule has 3 aromatic carbocycles. The molecule has 0 aliphatic rings. The van der Waals surface area contributed by atoms with Gasteiger partial charge < -0.3 is 10.1 Å². The molecule has 0 saturated carbocycles. The first kappa shape index (κ1) is 23.9. The van der Waals surface area contributed by atoms with Gasteiger partial charge in [-0.05, 0) is 54.7 Å². The second kappa shape index (κ2) is 11.3. The summed E-state index contributed by atoms with van der Waals surface area (Å²) in [5.41, 5.74) is 4.79. The van der Waals surface area contributed by atoms with Crippen LogP contribution < -0.4 is 5.32 Å². The van der Waals surface area contributed by atoms with Gasteiger partial charge in [0.2, 0.25) is 0 Å². The molecule has 172 valence electrons. The van der Waals surface area contributed by atoms with Crippen LogP contribution in [-0.2, 0) is 17.6 Å². The summed E-state index contributed by atoms with van der Waals surface area (Å²) in [5, 5.41) is 5.34. The fourth-order valence-electron chi connectivity index (χ4n) is 3.75. The summed E-state index contributed by atoms with van der Waals surface area (Å²) in [7, 11) is 0. The lowest BCUT2D eigenvalue weighted by Gasteiger charge is -2.12. The third kappa shape index (κ3) is 5.64. The molecule has 0 unspecified atom stereocenters. The molecule has 0 aliphatic heterocycles. The number of rotatable bonds is 8. The van der Waals surface area contributed by atoms with Crippen molar-refractivity contribution < 1.29 is 14.3 Å². The van der Waals surface area contributed by atoms with Gasteiger partial charge in [-0.3, -0.25) is 4.79 Å². The highest BCUT2D eigenvalue weighted by molar-refractivity contribution is 9.10. The van der Waals surface area contributed by atoms with E-state index in [4.69, 9.17) is 4.74 Å². The normalized spacial score (nSPS) is 10.6. The zero-order chi connectivity index (χ0) is 23.9. The largest absolute Gasteiger partial charge is 0.462 e. The minimum Gasteiger partial charge on any atom is -0.462 e. The molecule has 4 rings (SSSR count). The first-order valence-electron chi connectivity index (χ1n) is 11.0. The number of hydrogen-bond donors (Lipinski definition) is 1. The zero-order valence-corrected chi connectivity index (χ0v) is 21.1. The van der Waals surface area contributed by atoms with Crippen molar-refractivity contribution in [3.05, 3.63) is 111 Å². The molecule has 4 nitrogen and oxygen atoms in total. The Labute approximate surface area is 211 Å². The SMILES string of the molecule is CCOC(=O)c1c(-c2ccc(Br)cc2)csc1NC(=O)c1ccccc1CCc1ccccc1. The molecule has 1 amide bonds. The number of esters is 1. The number of amides is 1. The fraction of sp³-hybridized carbons (Fsp3) is 0.143. The Hall–Kier alpha value is -3.22. The number of carbonyl (C=O) groups excluding carboxylic acids is 2. The van der Waals surface area contributed by atoms with Gasteiger partial charge in [0.15, 0.2) is 0 Å². The number of hydrogen-bond acceptors (Lipinski definition) is 4. The van der Waals surface area contributed by atoms with Crippen LogP contribution in [0.2, 0.25) is 0 Å². The summed E-state index contributed by atoms with van der Waals surface area (Å²) < 4.78 is 6.27. The Morgan fingerprint density at radius 3 is 2.35 bits per heavy atom. The van der Waals surface area contributed by atoms with E-state index >= 15 is 0 Å². The van der Waals surface area contributed by atoms with Crippen LogP contribution in [-0.4, -0.2) is 18.5 Å². The van der Waals surface area contributed by atoms with Crippen LogP contribution in [0.15, 0.2) is 88.7 Å². The molecular weight excluding hydrogens is 510 g/mol. The highest BCUT2D eigenvalue weighted by Crippen LogP contribution is 2.37. The predicted octanol–water partition coefficient (Wildman–Crippen LogP) is 7.39. The van der Waals surface area contributed by atoms with Crippen LogP contribution in [0.4, 0.5) is 5.00 Å². The Morgan fingerprint density at radius 2 is 1.62 bits per heavy atom. The average molecular weight is 534 g/mol. The van der Waals surface area contributed by atoms with Crippen molar-refractivity contribution in [1.82, 2.24) is 0 Å². The molecule has 1 N–H and O–H groups in total. The fourth-order valence-corrected chi connectivity index (χ4v) is 4.97. The summed E-state index contributed by atoms with van der Waals surface area (Å²) in [6.45, 7) is 2.02. The molecule has 0 aliphatic carbocycles. The van der Waals surface area contributed by atoms with Crippen molar-refractivity contribution in [1.29, 1.82) is 0 Å². The lowest BCUT2D eigenvalue weighted by molar-refractivity contribution is 0.0529. The zero-order valence-electron chi connectivity index (χ0n) is 18.7. The van der Waals surface area contributed by atoms with Gasteiger partial charge in [0.1, 0.15) is 10.6 Å². The standard InChI is InChI=1S/C28H24BrNO3S/c1-2-33-28(32)25-24(21-14-16-22(29)17-15-21)18-34-27(25)30-26(31)23-11-7-6-10-20(23)13-12-19-8-4-3-5-9-19/h3-11,14-18H,2,12-13H2,1H3,(H,30,31). The van der Waals surface area contributed by atoms with Crippen molar-refractivity contribution >= 4 is 44.1 Å². The molecule has 0 saturated heterocycles. The minimum absolute atomic E-state index is 0.238. The molecule has 0 spiro atoms. The summed E-state index contributed by atoms with van der Waals surface area (Å²) in [6.07, 6.45) is 1.58. The quantitative estimate of drug-likeness (QED) is 0.240. The maximum Gasteiger partial charge on any atom is 0.341 e. The molecule has 6 heteroatoms. The highest BCUT2D eigenvalue weighted by Gasteiger charge is 2.23. The summed E-state index contributed by atoms with van der Waals surface area (Å²) in [5.74, 6) is -0.687. The highest BCUT2D eigenvalue weighted by atomic mass is 79.9. The van der Waals surface area contributed by atoms with Crippen molar-refractivity contribution in [3.63, 3.8) is 0 Å². The first-order valence-corrected chi connectivity index (χ1v) is 12.7. The number of aryl methyl sites for hydroxylation is 2. The van der Waals surface area contributed by atoms with E-state index in [1.165, 1.54) is 16.9 Å². The van der Waals surface area contributed by atoms with Gasteiger partial charge in [0, 0.05) is 21.0 Å². The Morgan fingerprint density at radius 1 is 0.912 bits per heavy atom.